The molecule has 302 valence electrons. The lowest BCUT2D eigenvalue weighted by molar-refractivity contribution is 0.668. The summed E-state index contributed by atoms with van der Waals surface area (Å²) in [6, 6.07) is 75.1. The van der Waals surface area contributed by atoms with E-state index >= 15 is 0 Å². The highest BCUT2D eigenvalue weighted by Crippen LogP contribution is 2.42. The van der Waals surface area contributed by atoms with Crippen LogP contribution in [-0.2, 0) is 0 Å². The highest BCUT2D eigenvalue weighted by molar-refractivity contribution is 6.16. The molecule has 0 fully saturated rings. The Balaban J connectivity index is 1.06. The van der Waals surface area contributed by atoms with Gasteiger partial charge in [0.15, 0.2) is 17.5 Å². The van der Waals surface area contributed by atoms with Crippen LogP contribution < -0.4 is 0 Å². The molecule has 4 heterocycles. The smallest absolute Gasteiger partial charge is 0.164 e. The molecular formula is C59H35N5O. The summed E-state index contributed by atoms with van der Waals surface area (Å²) < 4.78 is 11.5. The number of aromatic nitrogens is 5. The van der Waals surface area contributed by atoms with Crippen molar-refractivity contribution in [3.63, 3.8) is 0 Å². The number of fused-ring (bicyclic) bond motifs is 11. The molecule has 14 rings (SSSR count). The third-order valence-electron chi connectivity index (χ3n) is 13.1. The van der Waals surface area contributed by atoms with E-state index in [0.717, 1.165) is 93.6 Å². The summed E-state index contributed by atoms with van der Waals surface area (Å²) in [4.78, 5) is 16.2. The van der Waals surface area contributed by atoms with E-state index in [9.17, 15) is 0 Å². The number of rotatable bonds is 5. The second-order valence-electron chi connectivity index (χ2n) is 16.8. The van der Waals surface area contributed by atoms with Crippen LogP contribution in [0.4, 0.5) is 0 Å². The minimum atomic E-state index is 0.564. The second kappa shape index (κ2) is 13.8. The van der Waals surface area contributed by atoms with E-state index in [4.69, 9.17) is 19.4 Å². The van der Waals surface area contributed by atoms with E-state index in [-0.39, 0.29) is 0 Å². The van der Waals surface area contributed by atoms with Crippen LogP contribution in [-0.4, -0.2) is 24.1 Å². The molecule has 0 N–H and O–H groups in total. The van der Waals surface area contributed by atoms with Gasteiger partial charge in [0, 0.05) is 60.8 Å². The maximum absolute atomic E-state index is 6.77. The van der Waals surface area contributed by atoms with Crippen LogP contribution in [0, 0.1) is 0 Å². The van der Waals surface area contributed by atoms with Gasteiger partial charge < -0.3 is 13.6 Å². The zero-order valence-electron chi connectivity index (χ0n) is 34.9. The summed E-state index contributed by atoms with van der Waals surface area (Å²) in [5, 5.41) is 11.3. The van der Waals surface area contributed by atoms with Gasteiger partial charge in [-0.25, -0.2) is 15.0 Å². The van der Waals surface area contributed by atoms with Crippen LogP contribution in [0.15, 0.2) is 217 Å². The molecule has 10 aromatic carbocycles. The van der Waals surface area contributed by atoms with Gasteiger partial charge in [-0.05, 0) is 94.3 Å². The molecule has 0 unspecified atom stereocenters. The van der Waals surface area contributed by atoms with Crippen LogP contribution in [0.2, 0.25) is 0 Å². The van der Waals surface area contributed by atoms with Gasteiger partial charge in [-0.3, -0.25) is 0 Å². The minimum Gasteiger partial charge on any atom is -0.456 e. The molecule has 14 aromatic rings. The fraction of sp³-hybridized carbons (Fsp3) is 0. The van der Waals surface area contributed by atoms with E-state index < -0.39 is 0 Å². The van der Waals surface area contributed by atoms with E-state index in [1.165, 1.54) is 21.5 Å². The number of benzene rings is 10. The molecule has 0 atom stereocenters. The number of hydrogen-bond acceptors (Lipinski definition) is 4. The molecule has 0 aliphatic carbocycles. The van der Waals surface area contributed by atoms with Gasteiger partial charge in [0.2, 0.25) is 0 Å². The van der Waals surface area contributed by atoms with Crippen LogP contribution >= 0.6 is 0 Å². The monoisotopic (exact) mass is 829 g/mol. The molecule has 0 aliphatic rings. The largest absolute Gasteiger partial charge is 0.456 e. The minimum absolute atomic E-state index is 0.564. The highest BCUT2D eigenvalue weighted by Gasteiger charge is 2.23. The molecule has 0 saturated carbocycles. The molecule has 0 aliphatic heterocycles. The molecule has 0 radical (unpaired) electrons. The quantitative estimate of drug-likeness (QED) is 0.173. The van der Waals surface area contributed by atoms with Crippen LogP contribution in [0.1, 0.15) is 0 Å². The molecule has 0 spiro atoms. The predicted molar refractivity (Wildman–Crippen MR) is 267 cm³/mol. The summed E-state index contributed by atoms with van der Waals surface area (Å²) in [5.41, 5.74) is 10.8. The van der Waals surface area contributed by atoms with Crippen molar-refractivity contribution in [2.75, 3.05) is 0 Å². The van der Waals surface area contributed by atoms with Gasteiger partial charge in [0.05, 0.1) is 27.8 Å². The molecule has 65 heavy (non-hydrogen) atoms. The molecule has 0 bridgehead atoms. The topological polar surface area (TPSA) is 61.7 Å². The standard InChI is InChI=1S/C59H35N5O/c1-2-18-42(19-3-1)63-50-23-11-8-20-44(50)47-32-41(28-29-52(47)63)58-60-57(40-27-26-36-14-4-5-15-37(36)30-40)61-59(62-58)49-34-43(35-55-56(49)46-22-10-13-25-54(46)65-55)64-51-24-12-9-21-45(51)48-31-38-16-6-7-17-39(38)33-53(48)64/h1-35H. The first-order valence-corrected chi connectivity index (χ1v) is 21.9. The lowest BCUT2D eigenvalue weighted by Crippen LogP contribution is -2.02. The average molecular weight is 830 g/mol. The van der Waals surface area contributed by atoms with Crippen LogP contribution in [0.25, 0.3) is 133 Å². The summed E-state index contributed by atoms with van der Waals surface area (Å²) in [6.45, 7) is 0. The Morgan fingerprint density at radius 3 is 1.60 bits per heavy atom. The van der Waals surface area contributed by atoms with Gasteiger partial charge in [-0.1, -0.05) is 133 Å². The normalized spacial score (nSPS) is 12.0. The Morgan fingerprint density at radius 1 is 0.308 bits per heavy atom. The summed E-state index contributed by atoms with van der Waals surface area (Å²) in [6.07, 6.45) is 0. The zero-order valence-corrected chi connectivity index (χ0v) is 34.9. The summed E-state index contributed by atoms with van der Waals surface area (Å²) in [5.74, 6) is 1.75. The SMILES string of the molecule is c1ccc(-n2c3ccccc3c3cc(-c4nc(-c5ccc6ccccc6c5)nc(-c5cc(-n6c7ccccc7c7cc8ccccc8cc76)cc6oc7ccccc7c56)n4)ccc32)cc1. The molecule has 0 saturated heterocycles. The first kappa shape index (κ1) is 35.7. The fourth-order valence-electron chi connectivity index (χ4n) is 10.1. The maximum Gasteiger partial charge on any atom is 0.164 e. The van der Waals surface area contributed by atoms with Crippen LogP contribution in [0.5, 0.6) is 0 Å². The highest BCUT2D eigenvalue weighted by atomic mass is 16.3. The van der Waals surface area contributed by atoms with Gasteiger partial charge >= 0.3 is 0 Å². The van der Waals surface area contributed by atoms with Gasteiger partial charge in [-0.2, -0.15) is 0 Å². The van der Waals surface area contributed by atoms with E-state index in [2.05, 4.69) is 209 Å². The van der Waals surface area contributed by atoms with E-state index in [1.54, 1.807) is 0 Å². The van der Waals surface area contributed by atoms with Crippen molar-refractivity contribution < 1.29 is 4.42 Å². The number of hydrogen-bond donors (Lipinski definition) is 0. The predicted octanol–water partition coefficient (Wildman–Crippen LogP) is 15.3. The van der Waals surface area contributed by atoms with Gasteiger partial charge in [0.1, 0.15) is 11.2 Å². The molecule has 6 nitrogen and oxygen atoms in total. The third-order valence-corrected chi connectivity index (χ3v) is 13.1. The zero-order chi connectivity index (χ0) is 42.6. The Morgan fingerprint density at radius 2 is 0.846 bits per heavy atom. The molecule has 6 heteroatoms. The fourth-order valence-corrected chi connectivity index (χ4v) is 10.1. The first-order chi connectivity index (χ1) is 32.2. The Hall–Kier alpha value is -8.87. The van der Waals surface area contributed by atoms with Crippen molar-refractivity contribution in [2.45, 2.75) is 0 Å². The summed E-state index contributed by atoms with van der Waals surface area (Å²) >= 11 is 0. The van der Waals surface area contributed by atoms with Crippen molar-refractivity contribution >= 4 is 87.1 Å². The molecule has 0 amide bonds. The van der Waals surface area contributed by atoms with Crippen molar-refractivity contribution in [3.8, 4) is 45.5 Å². The number of para-hydroxylation sites is 4. The maximum atomic E-state index is 6.77. The van der Waals surface area contributed by atoms with Gasteiger partial charge in [-0.15, -0.1) is 0 Å². The van der Waals surface area contributed by atoms with Crippen molar-refractivity contribution in [1.29, 1.82) is 0 Å². The average Bonchev–Trinajstić information content (AvgIpc) is 4.02. The Bertz CT molecular complexity index is 4250. The summed E-state index contributed by atoms with van der Waals surface area (Å²) in [7, 11) is 0. The van der Waals surface area contributed by atoms with Crippen molar-refractivity contribution in [3.05, 3.63) is 212 Å². The van der Waals surface area contributed by atoms with Crippen molar-refractivity contribution in [1.82, 2.24) is 24.1 Å². The van der Waals surface area contributed by atoms with Crippen LogP contribution in [0.3, 0.4) is 0 Å². The van der Waals surface area contributed by atoms with Gasteiger partial charge in [0.25, 0.3) is 0 Å². The first-order valence-electron chi connectivity index (χ1n) is 21.9. The van der Waals surface area contributed by atoms with E-state index in [1.807, 2.05) is 12.1 Å². The lowest BCUT2D eigenvalue weighted by Gasteiger charge is -2.13. The Labute approximate surface area is 371 Å². The third kappa shape index (κ3) is 5.51. The second-order valence-corrected chi connectivity index (χ2v) is 16.8. The Kier molecular flexibility index (Phi) is 7.59. The van der Waals surface area contributed by atoms with Crippen molar-refractivity contribution in [2.24, 2.45) is 0 Å². The molecule has 4 aromatic heterocycles. The number of furan rings is 1. The number of nitrogens with zero attached hydrogens (tertiary/aromatic N) is 5. The molecular weight excluding hydrogens is 795 g/mol. The lowest BCUT2D eigenvalue weighted by atomic mass is 10.0. The van der Waals surface area contributed by atoms with E-state index in [0.29, 0.717) is 17.5 Å².